The van der Waals surface area contributed by atoms with Crippen LogP contribution in [0.5, 0.6) is 11.5 Å². The minimum Gasteiger partial charge on any atom is -0.509 e. The van der Waals surface area contributed by atoms with Crippen LogP contribution in [0.1, 0.15) is 158 Å². The zero-order chi connectivity index (χ0) is 63.8. The number of anilines is 7. The molecule has 0 saturated heterocycles. The molecule has 0 amide bonds. The fourth-order valence-electron chi connectivity index (χ4n) is 13.6. The molecular formula is C84H87N4OPtSi-3. The molecule has 9 aromatic carbocycles. The third-order valence-corrected chi connectivity index (χ3v) is 23.8. The van der Waals surface area contributed by atoms with E-state index >= 15 is 0 Å². The molecule has 3 aliphatic rings. The summed E-state index contributed by atoms with van der Waals surface area (Å²) in [5, 5.41) is 5.44. The number of pyridine rings is 1. The Labute approximate surface area is 558 Å². The van der Waals surface area contributed by atoms with Gasteiger partial charge in [-0.3, -0.25) is 0 Å². The van der Waals surface area contributed by atoms with Crippen LogP contribution < -0.4 is 40.2 Å². The van der Waals surface area contributed by atoms with Crippen molar-refractivity contribution in [1.29, 1.82) is 0 Å². The molecule has 13 rings (SSSR count). The van der Waals surface area contributed by atoms with Gasteiger partial charge in [-0.2, -0.15) is 12.1 Å². The van der Waals surface area contributed by atoms with E-state index in [1.54, 1.807) is 0 Å². The molecule has 91 heavy (non-hydrogen) atoms. The van der Waals surface area contributed by atoms with Gasteiger partial charge in [0.15, 0.2) is 0 Å². The molecule has 0 N–H and O–H groups in total. The largest absolute Gasteiger partial charge is 0.509 e. The first-order chi connectivity index (χ1) is 42.4. The van der Waals surface area contributed by atoms with Crippen molar-refractivity contribution < 1.29 is 25.8 Å². The van der Waals surface area contributed by atoms with Gasteiger partial charge in [0.05, 0.1) is 0 Å². The summed E-state index contributed by atoms with van der Waals surface area (Å²) in [5.74, 6) is 2.04. The number of benzene rings is 9. The van der Waals surface area contributed by atoms with E-state index in [9.17, 15) is 0 Å². The molecule has 10 aromatic rings. The topological polar surface area (TPSA) is 31.8 Å². The van der Waals surface area contributed by atoms with Crippen LogP contribution in [0.4, 0.5) is 39.9 Å². The van der Waals surface area contributed by atoms with Crippen molar-refractivity contribution in [3.63, 3.8) is 0 Å². The Morgan fingerprint density at radius 1 is 0.374 bits per heavy atom. The van der Waals surface area contributed by atoms with Gasteiger partial charge in [0, 0.05) is 72.6 Å². The van der Waals surface area contributed by atoms with Crippen molar-refractivity contribution in [1.82, 2.24) is 4.98 Å². The van der Waals surface area contributed by atoms with Gasteiger partial charge >= 0.3 is 0 Å². The minimum absolute atomic E-state index is 0. The summed E-state index contributed by atoms with van der Waals surface area (Å²) in [6, 6.07) is 78.8. The Hall–Kier alpha value is -7.76. The van der Waals surface area contributed by atoms with E-state index in [0.717, 1.165) is 51.1 Å². The predicted octanol–water partition coefficient (Wildman–Crippen LogP) is 20.1. The quantitative estimate of drug-likeness (QED) is 0.117. The second-order valence-corrected chi connectivity index (χ2v) is 35.2. The number of fused-ring (bicyclic) bond motifs is 10. The number of nitrogens with zero attached hydrogens (tertiary/aromatic N) is 4. The third kappa shape index (κ3) is 11.2. The van der Waals surface area contributed by atoms with Crippen molar-refractivity contribution >= 4 is 68.8 Å². The molecule has 4 heterocycles. The molecule has 0 radical (unpaired) electrons. The van der Waals surface area contributed by atoms with Gasteiger partial charge in [0.1, 0.15) is 13.9 Å². The molecule has 466 valence electrons. The van der Waals surface area contributed by atoms with E-state index in [4.69, 9.17) is 9.72 Å². The molecule has 0 aliphatic carbocycles. The summed E-state index contributed by atoms with van der Waals surface area (Å²) in [7, 11) is -3.12. The Morgan fingerprint density at radius 3 is 1.46 bits per heavy atom. The van der Waals surface area contributed by atoms with E-state index in [-0.39, 0.29) is 53.6 Å². The molecule has 1 aromatic heterocycles. The van der Waals surface area contributed by atoms with Crippen LogP contribution in [0.2, 0.25) is 0 Å². The average Bonchev–Trinajstić information content (AvgIpc) is 1.58. The SMILES string of the molecule is CC(C)(C)c1cccc(-c2cccc(-c3cc(C(C)(C)C)cc(C(C)(C)C)c3)c2N2[CH-]N(c3[c-]c(Oc4[c-]c5c(cc4)[Si]4(c6cc(C(C)(C)C)ccc6-c6ccc(C(C)(C)C)cc64)c4ccccc4N5c4cc(C(C)(C)C)ccn4)ccc3)c3ccccc32)c1.[Pt]. The van der Waals surface area contributed by atoms with Crippen LogP contribution in [0.3, 0.4) is 0 Å². The molecule has 0 fully saturated rings. The van der Waals surface area contributed by atoms with Gasteiger partial charge < -0.3 is 19.4 Å². The molecule has 0 bridgehead atoms. The molecule has 3 aliphatic heterocycles. The van der Waals surface area contributed by atoms with Crippen molar-refractivity contribution in [3.8, 4) is 44.9 Å². The molecule has 0 unspecified atom stereocenters. The zero-order valence-electron chi connectivity index (χ0n) is 56.6. The molecular weight excluding hydrogens is 1300 g/mol. The molecule has 1 spiro atoms. The molecule has 5 nitrogen and oxygen atoms in total. The second-order valence-electron chi connectivity index (χ2n) is 31.5. The Kier molecular flexibility index (Phi) is 15.7. The molecule has 0 saturated carbocycles. The van der Waals surface area contributed by atoms with E-state index in [1.807, 2.05) is 12.3 Å². The van der Waals surface area contributed by atoms with Gasteiger partial charge in [0.2, 0.25) is 0 Å². The number of rotatable bonds is 7. The first kappa shape index (κ1) is 63.4. The van der Waals surface area contributed by atoms with Gasteiger partial charge in [-0.15, -0.1) is 47.9 Å². The Balaban J connectivity index is 0.00000800. The van der Waals surface area contributed by atoms with Gasteiger partial charge in [-0.1, -0.05) is 258 Å². The van der Waals surface area contributed by atoms with Crippen LogP contribution in [0, 0.1) is 18.8 Å². The van der Waals surface area contributed by atoms with Crippen LogP contribution >= 0.6 is 0 Å². The van der Waals surface area contributed by atoms with Crippen molar-refractivity contribution in [2.24, 2.45) is 0 Å². The summed E-state index contributed by atoms with van der Waals surface area (Å²) >= 11 is 0. The monoisotopic (exact) mass is 1390 g/mol. The molecule has 7 heteroatoms. The van der Waals surface area contributed by atoms with Gasteiger partial charge in [-0.05, 0) is 134 Å². The Bertz CT molecular complexity index is 4380. The van der Waals surface area contributed by atoms with E-state index in [1.165, 1.54) is 76.4 Å². The van der Waals surface area contributed by atoms with E-state index in [2.05, 4.69) is 340 Å². The van der Waals surface area contributed by atoms with Crippen LogP contribution in [-0.2, 0) is 53.6 Å². The van der Waals surface area contributed by atoms with Gasteiger partial charge in [-0.25, -0.2) is 4.98 Å². The first-order valence-electron chi connectivity index (χ1n) is 32.3. The Morgan fingerprint density at radius 2 is 0.868 bits per heavy atom. The maximum atomic E-state index is 7.18. The first-order valence-corrected chi connectivity index (χ1v) is 34.3. The number of hydrogen-bond acceptors (Lipinski definition) is 5. The second kappa shape index (κ2) is 22.5. The fourth-order valence-corrected chi connectivity index (χ4v) is 19.2. The maximum Gasteiger partial charge on any atom is 0.135 e. The minimum atomic E-state index is -3.12. The zero-order valence-corrected chi connectivity index (χ0v) is 59.8. The fraction of sp³-hybridized carbons (Fsp3) is 0.286. The van der Waals surface area contributed by atoms with Crippen molar-refractivity contribution in [3.05, 3.63) is 246 Å². The van der Waals surface area contributed by atoms with Crippen molar-refractivity contribution in [2.45, 2.75) is 157 Å². The average molecular weight is 1390 g/mol. The van der Waals surface area contributed by atoms with Crippen LogP contribution in [-0.4, -0.2) is 13.1 Å². The predicted molar refractivity (Wildman–Crippen MR) is 384 cm³/mol. The van der Waals surface area contributed by atoms with Crippen LogP contribution in [0.25, 0.3) is 33.4 Å². The van der Waals surface area contributed by atoms with E-state index in [0.29, 0.717) is 11.5 Å². The summed E-state index contributed by atoms with van der Waals surface area (Å²) in [6.45, 7) is 43.9. The maximum absolute atomic E-state index is 7.18. The number of para-hydroxylation sites is 4. The number of hydrogen-bond donors (Lipinski definition) is 0. The number of aromatic nitrogens is 1. The molecule has 0 atom stereocenters. The smallest absolute Gasteiger partial charge is 0.135 e. The standard InChI is InChI=1S/C84H87N4OSi.Pt/c1-79(2,3)56-27-23-26-54(44-56)65-30-25-31-66(55-45-60(83(13,14)15)47-61(46-55)84(16,17)18)78(65)87-53-86(69-32-19-20-33-70(69)87)62-28-24-29-63(51-62)89-64-38-41-74-72(52-64)88(77-50-59(42-43-85-77)82(10,11)12)71-34-21-22-35-73(71)90(74)75-48-57(80(4,5)6)36-39-67(75)68-40-37-58(49-76(68)90)81(7,8)9;/h19-50,53H,1-18H3;/q-3;. The van der Waals surface area contributed by atoms with Crippen molar-refractivity contribution in [2.75, 3.05) is 14.7 Å². The summed E-state index contributed by atoms with van der Waals surface area (Å²) in [6.07, 6.45) is 1.97. The summed E-state index contributed by atoms with van der Waals surface area (Å²) in [4.78, 5) is 12.3. The summed E-state index contributed by atoms with van der Waals surface area (Å²) < 4.78 is 7.18. The van der Waals surface area contributed by atoms with Crippen LogP contribution in [0.15, 0.2) is 194 Å². The summed E-state index contributed by atoms with van der Waals surface area (Å²) in [5.41, 5.74) is 20.9. The number of ether oxygens (including phenoxy) is 1. The normalized spacial score (nSPS) is 14.4. The third-order valence-electron chi connectivity index (χ3n) is 18.9. The van der Waals surface area contributed by atoms with Gasteiger partial charge in [0.25, 0.3) is 0 Å². The van der Waals surface area contributed by atoms with E-state index < -0.39 is 8.07 Å².